The maximum absolute atomic E-state index is 13.8. The van der Waals surface area contributed by atoms with Crippen molar-refractivity contribution in [2.24, 2.45) is 5.16 Å². The zero-order chi connectivity index (χ0) is 38.8. The minimum Gasteiger partial charge on any atom is -0.477 e. The molecule has 0 bridgehead atoms. The van der Waals surface area contributed by atoms with Crippen LogP contribution in [0.15, 0.2) is 126 Å². The summed E-state index contributed by atoms with van der Waals surface area (Å²) in [6, 6.07) is 28.3. The highest BCUT2D eigenvalue weighted by Crippen LogP contribution is 2.42. The number of aliphatic carboxylic acids is 1. The molecule has 56 heavy (non-hydrogen) atoms. The first-order valence-electron chi connectivity index (χ1n) is 17.2. The zero-order valence-corrected chi connectivity index (χ0v) is 31.9. The van der Waals surface area contributed by atoms with Crippen molar-refractivity contribution in [1.82, 2.24) is 29.0 Å². The Bertz CT molecular complexity index is 2420. The number of rotatable bonds is 13. The number of nitrogens with zero attached hydrogens (tertiary/aromatic N) is 6. The van der Waals surface area contributed by atoms with Crippen molar-refractivity contribution in [1.29, 1.82) is 0 Å². The molecular formula is C39H31FN8O5S3. The topological polar surface area (TPSA) is 163 Å². The molecule has 2 aliphatic rings. The first-order chi connectivity index (χ1) is 27.3. The number of imidazole rings is 1. The van der Waals surface area contributed by atoms with Gasteiger partial charge in [0.25, 0.3) is 18.7 Å². The molecular weight excluding hydrogens is 776 g/mol. The molecule has 2 atom stereocenters. The molecule has 282 valence electrons. The fourth-order valence-corrected chi connectivity index (χ4v) is 9.76. The minimum absolute atomic E-state index is 0.159. The van der Waals surface area contributed by atoms with Gasteiger partial charge in [-0.3, -0.25) is 18.9 Å². The normalized spacial score (nSPS) is 17.2. The van der Waals surface area contributed by atoms with E-state index in [-0.39, 0.29) is 17.3 Å². The minimum atomic E-state index is -1.33. The number of carboxylic acid groups (broad SMARTS) is 1. The van der Waals surface area contributed by atoms with E-state index >= 15 is 0 Å². The van der Waals surface area contributed by atoms with Crippen LogP contribution >= 0.6 is 34.6 Å². The van der Waals surface area contributed by atoms with Crippen molar-refractivity contribution < 1.29 is 28.7 Å². The average molecular weight is 807 g/mol. The molecule has 2 aliphatic heterocycles. The van der Waals surface area contributed by atoms with Crippen LogP contribution in [0.25, 0.3) is 10.9 Å². The van der Waals surface area contributed by atoms with Gasteiger partial charge in [0.15, 0.2) is 0 Å². The molecule has 1 saturated heterocycles. The Morgan fingerprint density at radius 3 is 2.25 bits per heavy atom. The summed E-state index contributed by atoms with van der Waals surface area (Å²) in [6.07, 6.45) is 7.00. The van der Waals surface area contributed by atoms with Crippen molar-refractivity contribution in [2.75, 3.05) is 17.9 Å². The number of aromatic nitrogens is 4. The van der Waals surface area contributed by atoms with Gasteiger partial charge in [-0.2, -0.15) is 9.36 Å². The summed E-state index contributed by atoms with van der Waals surface area (Å²) in [6.45, 7) is 0.609. The van der Waals surface area contributed by atoms with E-state index in [4.69, 9.17) is 0 Å². The van der Waals surface area contributed by atoms with Gasteiger partial charge in [-0.05, 0) is 35.3 Å². The maximum atomic E-state index is 13.8. The number of thiazole rings is 1. The highest BCUT2D eigenvalue weighted by atomic mass is 32.2. The lowest BCUT2D eigenvalue weighted by molar-refractivity contribution is -0.150. The van der Waals surface area contributed by atoms with Crippen LogP contribution in [0.3, 0.4) is 0 Å². The van der Waals surface area contributed by atoms with Crippen molar-refractivity contribution in [3.8, 4) is 0 Å². The molecule has 5 heterocycles. The fraction of sp³-hybridized carbons (Fsp3) is 0.154. The second-order valence-electron chi connectivity index (χ2n) is 12.6. The van der Waals surface area contributed by atoms with E-state index in [1.165, 1.54) is 28.0 Å². The highest BCUT2D eigenvalue weighted by molar-refractivity contribution is 8.00. The molecule has 0 radical (unpaired) electrons. The number of carbonyl (C=O) groups excluding carboxylic acids is 2. The number of hydrogen-bond donors (Lipinski definition) is 3. The number of nitrogens with one attached hydrogen (secondary N) is 2. The Morgan fingerprint density at radius 1 is 1.02 bits per heavy atom. The molecule has 6 aromatic rings. The van der Waals surface area contributed by atoms with Gasteiger partial charge in [0.05, 0.1) is 6.20 Å². The number of alkyl halides is 1. The van der Waals surface area contributed by atoms with E-state index in [0.29, 0.717) is 10.7 Å². The lowest BCUT2D eigenvalue weighted by Crippen LogP contribution is -2.71. The third kappa shape index (κ3) is 6.62. The number of aryl methyl sites for hydroxylation is 1. The van der Waals surface area contributed by atoms with Crippen LogP contribution in [0.5, 0.6) is 0 Å². The summed E-state index contributed by atoms with van der Waals surface area (Å²) >= 11 is 3.78. The molecule has 0 aliphatic carbocycles. The third-order valence-electron chi connectivity index (χ3n) is 9.43. The number of β-lactam (4-membered cyclic amide) rings is 1. The van der Waals surface area contributed by atoms with E-state index in [9.17, 15) is 23.9 Å². The molecule has 1 fully saturated rings. The van der Waals surface area contributed by atoms with Gasteiger partial charge in [0, 0.05) is 27.9 Å². The number of anilines is 1. The lowest BCUT2D eigenvalue weighted by atomic mass is 9.77. The van der Waals surface area contributed by atoms with E-state index in [0.717, 1.165) is 43.6 Å². The monoisotopic (exact) mass is 806 g/mol. The van der Waals surface area contributed by atoms with Crippen LogP contribution in [-0.2, 0) is 24.8 Å². The predicted octanol–water partition coefficient (Wildman–Crippen LogP) is 6.06. The SMILES string of the molecule is Cc1c(/C=C/C2=C(C(=O)O)N3C(=O)[C@@H](NC(=O)/C(=N\OCF)c4nsc(NC(c5ccccc5)(c5ccccc5)c5ccccc5)n4)[C@H]3SC2)sc2cncn12. The molecule has 0 unspecified atom stereocenters. The Kier molecular flexibility index (Phi) is 10.2. The van der Waals surface area contributed by atoms with Gasteiger partial charge in [0.1, 0.15) is 33.8 Å². The van der Waals surface area contributed by atoms with E-state index in [1.807, 2.05) is 108 Å². The summed E-state index contributed by atoms with van der Waals surface area (Å²) in [4.78, 5) is 56.3. The van der Waals surface area contributed by atoms with Crippen molar-refractivity contribution in [3.63, 3.8) is 0 Å². The van der Waals surface area contributed by atoms with E-state index < -0.39 is 47.3 Å². The molecule has 3 aromatic carbocycles. The number of thioether (sulfide) groups is 1. The van der Waals surface area contributed by atoms with Gasteiger partial charge >= 0.3 is 5.97 Å². The van der Waals surface area contributed by atoms with Crippen molar-refractivity contribution >= 4 is 74.2 Å². The van der Waals surface area contributed by atoms with Gasteiger partial charge in [-0.1, -0.05) is 102 Å². The van der Waals surface area contributed by atoms with Crippen LogP contribution in [0.4, 0.5) is 9.52 Å². The molecule has 3 aromatic heterocycles. The number of oxime groups is 1. The maximum Gasteiger partial charge on any atom is 0.352 e. The lowest BCUT2D eigenvalue weighted by Gasteiger charge is -2.49. The summed E-state index contributed by atoms with van der Waals surface area (Å²) in [5.41, 5.74) is 2.56. The average Bonchev–Trinajstić information content (AvgIpc) is 3.97. The fourth-order valence-electron chi connectivity index (χ4n) is 6.81. The third-order valence-corrected chi connectivity index (χ3v) is 12.5. The van der Waals surface area contributed by atoms with Crippen LogP contribution in [-0.4, -0.2) is 76.3 Å². The van der Waals surface area contributed by atoms with Crippen LogP contribution in [0, 0.1) is 6.92 Å². The molecule has 0 spiro atoms. The Hall–Kier alpha value is -6.17. The first kappa shape index (κ1) is 36.8. The number of carbonyl (C=O) groups is 3. The Morgan fingerprint density at radius 2 is 1.66 bits per heavy atom. The van der Waals surface area contributed by atoms with Crippen molar-refractivity contribution in [2.45, 2.75) is 23.9 Å². The summed E-state index contributed by atoms with van der Waals surface area (Å²) in [7, 11) is 0. The second-order valence-corrected chi connectivity index (χ2v) is 15.5. The molecule has 3 N–H and O–H groups in total. The number of amides is 2. The van der Waals surface area contributed by atoms with Gasteiger partial charge in [0.2, 0.25) is 16.7 Å². The zero-order valence-electron chi connectivity index (χ0n) is 29.4. The second kappa shape index (κ2) is 15.5. The number of benzene rings is 3. The Labute approximate surface area is 331 Å². The molecule has 13 nitrogen and oxygen atoms in total. The first-order valence-corrected chi connectivity index (χ1v) is 19.8. The number of allylic oxidation sites excluding steroid dienone is 1. The number of halogens is 1. The Balaban J connectivity index is 1.05. The number of hydrogen-bond acceptors (Lipinski definition) is 12. The highest BCUT2D eigenvalue weighted by Gasteiger charge is 2.54. The molecule has 0 saturated carbocycles. The van der Waals surface area contributed by atoms with Gasteiger partial charge in [-0.15, -0.1) is 23.1 Å². The van der Waals surface area contributed by atoms with E-state index in [2.05, 4.69) is 35.0 Å². The summed E-state index contributed by atoms with van der Waals surface area (Å²) in [5.74, 6) is -2.68. The van der Waals surface area contributed by atoms with Crippen LogP contribution in [0.2, 0.25) is 0 Å². The quantitative estimate of drug-likeness (QED) is 0.0542. The van der Waals surface area contributed by atoms with Gasteiger partial charge in [-0.25, -0.2) is 14.2 Å². The molecule has 2 amide bonds. The summed E-state index contributed by atoms with van der Waals surface area (Å²) in [5, 5.41) is 19.7. The molecule has 17 heteroatoms. The number of carboxylic acids is 1. The predicted molar refractivity (Wildman–Crippen MR) is 213 cm³/mol. The van der Waals surface area contributed by atoms with Crippen LogP contribution < -0.4 is 10.6 Å². The van der Waals surface area contributed by atoms with Crippen molar-refractivity contribution in [3.05, 3.63) is 154 Å². The largest absolute Gasteiger partial charge is 0.477 e. The standard InChI is InChI=1S/C39H31FN8O5S3/c1-23-28(55-29-19-41-22-47(23)29)18-17-24-20-54-36-31(35(50)48(36)32(24)37(51)52)42-34(49)30(45-53-21-40)33-43-38(56-46-33)44-39(25-11-5-2-6-12-25,26-13-7-3-8-14-26)27-15-9-4-10-16-27/h2-19,22,31,36H,20-21H2,1H3,(H,42,49)(H,51,52)(H,43,44,46)/b18-17+,45-30-/t31-,36-/m1/s1. The summed E-state index contributed by atoms with van der Waals surface area (Å²) < 4.78 is 19.6. The van der Waals surface area contributed by atoms with Gasteiger partial charge < -0.3 is 20.6 Å². The smallest absolute Gasteiger partial charge is 0.352 e. The van der Waals surface area contributed by atoms with E-state index in [1.54, 1.807) is 18.6 Å². The van der Waals surface area contributed by atoms with Crippen LogP contribution in [0.1, 0.15) is 33.1 Å². The number of fused-ring (bicyclic) bond motifs is 2. The molecule has 8 rings (SSSR count).